The molecule has 0 unspecified atom stereocenters. The van der Waals surface area contributed by atoms with E-state index in [9.17, 15) is 0 Å². The Labute approximate surface area is 63.6 Å². The highest BCUT2D eigenvalue weighted by Crippen LogP contribution is 2.32. The van der Waals surface area contributed by atoms with Crippen molar-refractivity contribution in [3.05, 3.63) is 23.8 Å². The second-order valence-electron chi connectivity index (χ2n) is 3.36. The fraction of sp³-hybridized carbons (Fsp3) is 0.600. The van der Waals surface area contributed by atoms with E-state index < -0.39 is 0 Å². The maximum absolute atomic E-state index is 3.86. The van der Waals surface area contributed by atoms with Gasteiger partial charge in [-0.25, -0.2) is 0 Å². The zero-order chi connectivity index (χ0) is 7.56. The van der Waals surface area contributed by atoms with Crippen LogP contribution in [0.2, 0.25) is 0 Å². The summed E-state index contributed by atoms with van der Waals surface area (Å²) in [7, 11) is 0. The first-order valence-electron chi connectivity index (χ1n) is 4.04. The quantitative estimate of drug-likeness (QED) is 0.511. The molecule has 0 radical (unpaired) electrons. The largest absolute Gasteiger partial charge is 0.0961 e. The van der Waals surface area contributed by atoms with Crippen LogP contribution in [0.15, 0.2) is 23.8 Å². The fourth-order valence-corrected chi connectivity index (χ4v) is 1.37. The zero-order valence-corrected chi connectivity index (χ0v) is 6.98. The Morgan fingerprint density at radius 2 is 2.00 bits per heavy atom. The van der Waals surface area contributed by atoms with E-state index in [0.29, 0.717) is 0 Å². The van der Waals surface area contributed by atoms with Crippen LogP contribution in [0.1, 0.15) is 33.1 Å². The number of allylic oxidation sites excluding steroid dienone is 3. The summed E-state index contributed by atoms with van der Waals surface area (Å²) in [6, 6.07) is 0. The lowest BCUT2D eigenvalue weighted by atomic mass is 9.80. The molecule has 0 heteroatoms. The lowest BCUT2D eigenvalue weighted by molar-refractivity contribution is 0.368. The summed E-state index contributed by atoms with van der Waals surface area (Å²) < 4.78 is 0. The molecular weight excluding hydrogens is 120 g/mol. The molecule has 0 aromatic carbocycles. The molecular formula is C10H16. The maximum Gasteiger partial charge on any atom is -0.0203 e. The van der Waals surface area contributed by atoms with Gasteiger partial charge in [-0.3, -0.25) is 0 Å². The predicted octanol–water partition coefficient (Wildman–Crippen LogP) is 3.31. The van der Waals surface area contributed by atoms with Crippen LogP contribution in [0.5, 0.6) is 0 Å². The van der Waals surface area contributed by atoms with E-state index in [2.05, 4.69) is 26.5 Å². The first kappa shape index (κ1) is 7.59. The van der Waals surface area contributed by atoms with Crippen molar-refractivity contribution < 1.29 is 0 Å². The Hall–Kier alpha value is -0.520. The van der Waals surface area contributed by atoms with E-state index in [1.54, 1.807) is 0 Å². The van der Waals surface area contributed by atoms with Gasteiger partial charge >= 0.3 is 0 Å². The molecule has 0 heterocycles. The van der Waals surface area contributed by atoms with Crippen molar-refractivity contribution in [3.8, 4) is 0 Å². The molecule has 10 heavy (non-hydrogen) atoms. The van der Waals surface area contributed by atoms with Crippen LogP contribution in [0.25, 0.3) is 0 Å². The highest BCUT2D eigenvalue weighted by molar-refractivity contribution is 5.20. The van der Waals surface area contributed by atoms with E-state index in [0.717, 1.165) is 5.92 Å². The SMILES string of the molecule is C=C(C)/C=C(\C)C1CCC1. The van der Waals surface area contributed by atoms with Crippen LogP contribution in [-0.2, 0) is 0 Å². The number of hydrogen-bond acceptors (Lipinski definition) is 0. The minimum absolute atomic E-state index is 0.886. The monoisotopic (exact) mass is 136 g/mol. The van der Waals surface area contributed by atoms with Gasteiger partial charge in [0.1, 0.15) is 0 Å². The molecule has 1 aliphatic carbocycles. The van der Waals surface area contributed by atoms with Crippen LogP contribution in [0, 0.1) is 5.92 Å². The Balaban J connectivity index is 2.45. The molecule has 1 fully saturated rings. The highest BCUT2D eigenvalue weighted by Gasteiger charge is 2.18. The van der Waals surface area contributed by atoms with Gasteiger partial charge in [0, 0.05) is 0 Å². The first-order valence-corrected chi connectivity index (χ1v) is 4.04. The van der Waals surface area contributed by atoms with Crippen molar-refractivity contribution in [2.24, 2.45) is 5.92 Å². The summed E-state index contributed by atoms with van der Waals surface area (Å²) in [6.45, 7) is 8.14. The van der Waals surface area contributed by atoms with Crippen molar-refractivity contribution in [1.29, 1.82) is 0 Å². The molecule has 0 N–H and O–H groups in total. The van der Waals surface area contributed by atoms with E-state index in [-0.39, 0.29) is 0 Å². The van der Waals surface area contributed by atoms with E-state index >= 15 is 0 Å². The molecule has 0 aromatic rings. The first-order chi connectivity index (χ1) is 4.70. The lowest BCUT2D eigenvalue weighted by Crippen LogP contribution is -2.11. The molecule has 0 spiro atoms. The van der Waals surface area contributed by atoms with Crippen molar-refractivity contribution in [3.63, 3.8) is 0 Å². The highest BCUT2D eigenvalue weighted by atomic mass is 14.2. The lowest BCUT2D eigenvalue weighted by Gasteiger charge is -2.26. The van der Waals surface area contributed by atoms with Gasteiger partial charge < -0.3 is 0 Å². The normalized spacial score (nSPS) is 20.4. The Morgan fingerprint density at radius 1 is 1.40 bits per heavy atom. The molecule has 0 saturated heterocycles. The summed E-state index contributed by atoms with van der Waals surface area (Å²) in [5, 5.41) is 0. The number of hydrogen-bond donors (Lipinski definition) is 0. The molecule has 1 saturated carbocycles. The van der Waals surface area contributed by atoms with Crippen LogP contribution < -0.4 is 0 Å². The van der Waals surface area contributed by atoms with Crippen molar-refractivity contribution in [1.82, 2.24) is 0 Å². The van der Waals surface area contributed by atoms with Crippen molar-refractivity contribution in [2.75, 3.05) is 0 Å². The second kappa shape index (κ2) is 3.05. The Bertz CT molecular complexity index is 159. The minimum atomic E-state index is 0.886. The predicted molar refractivity (Wildman–Crippen MR) is 45.9 cm³/mol. The summed E-state index contributed by atoms with van der Waals surface area (Å²) in [4.78, 5) is 0. The molecule has 0 bridgehead atoms. The fourth-order valence-electron chi connectivity index (χ4n) is 1.37. The van der Waals surface area contributed by atoms with Gasteiger partial charge in [-0.05, 0) is 32.6 Å². The molecule has 0 aromatic heterocycles. The van der Waals surface area contributed by atoms with Crippen molar-refractivity contribution in [2.45, 2.75) is 33.1 Å². The maximum atomic E-state index is 3.86. The molecule has 0 aliphatic heterocycles. The van der Waals surface area contributed by atoms with Crippen LogP contribution in [0.3, 0.4) is 0 Å². The second-order valence-corrected chi connectivity index (χ2v) is 3.36. The van der Waals surface area contributed by atoms with Crippen LogP contribution >= 0.6 is 0 Å². The molecule has 56 valence electrons. The summed E-state index contributed by atoms with van der Waals surface area (Å²) >= 11 is 0. The Kier molecular flexibility index (Phi) is 2.31. The van der Waals surface area contributed by atoms with Crippen LogP contribution in [-0.4, -0.2) is 0 Å². The molecule has 0 atom stereocenters. The number of rotatable bonds is 2. The van der Waals surface area contributed by atoms with E-state index in [1.807, 2.05) is 0 Å². The van der Waals surface area contributed by atoms with Gasteiger partial charge in [0.15, 0.2) is 0 Å². The standard InChI is InChI=1S/C10H16/c1-8(2)7-9(3)10-5-4-6-10/h7,10H,1,4-6H2,2-3H3/b9-7+. The summed E-state index contributed by atoms with van der Waals surface area (Å²) in [6.07, 6.45) is 6.43. The molecule has 0 amide bonds. The Morgan fingerprint density at radius 3 is 2.30 bits per heavy atom. The van der Waals surface area contributed by atoms with E-state index in [1.165, 1.54) is 30.4 Å². The van der Waals surface area contributed by atoms with E-state index in [4.69, 9.17) is 0 Å². The van der Waals surface area contributed by atoms with Gasteiger partial charge in [0.05, 0.1) is 0 Å². The summed E-state index contributed by atoms with van der Waals surface area (Å²) in [5.74, 6) is 0.886. The van der Waals surface area contributed by atoms with Crippen LogP contribution in [0.4, 0.5) is 0 Å². The van der Waals surface area contributed by atoms with Gasteiger partial charge in [0.2, 0.25) is 0 Å². The topological polar surface area (TPSA) is 0 Å². The van der Waals surface area contributed by atoms with Gasteiger partial charge in [-0.2, -0.15) is 0 Å². The third-order valence-electron chi connectivity index (χ3n) is 2.22. The van der Waals surface area contributed by atoms with Crippen molar-refractivity contribution >= 4 is 0 Å². The third kappa shape index (κ3) is 1.73. The smallest absolute Gasteiger partial charge is 0.0203 e. The molecule has 1 rings (SSSR count). The third-order valence-corrected chi connectivity index (χ3v) is 2.22. The zero-order valence-electron chi connectivity index (χ0n) is 6.98. The average Bonchev–Trinajstić information content (AvgIpc) is 1.55. The van der Waals surface area contributed by atoms with Gasteiger partial charge in [0.25, 0.3) is 0 Å². The molecule has 1 aliphatic rings. The minimum Gasteiger partial charge on any atom is -0.0961 e. The summed E-state index contributed by atoms with van der Waals surface area (Å²) in [5.41, 5.74) is 2.71. The van der Waals surface area contributed by atoms with Gasteiger partial charge in [-0.1, -0.05) is 30.2 Å². The molecule has 0 nitrogen and oxygen atoms in total. The van der Waals surface area contributed by atoms with Gasteiger partial charge in [-0.15, -0.1) is 0 Å². The average molecular weight is 136 g/mol.